The van der Waals surface area contributed by atoms with E-state index < -0.39 is 6.10 Å². The molecule has 0 aliphatic carbocycles. The van der Waals surface area contributed by atoms with Crippen molar-refractivity contribution in [1.82, 2.24) is 4.90 Å². The van der Waals surface area contributed by atoms with Crippen molar-refractivity contribution < 1.29 is 14.6 Å². The van der Waals surface area contributed by atoms with Crippen molar-refractivity contribution in [2.75, 3.05) is 13.2 Å². The molecular weight excluding hydrogens is 334 g/mol. The lowest BCUT2D eigenvalue weighted by Crippen LogP contribution is -2.43. The van der Waals surface area contributed by atoms with Gasteiger partial charge in [0, 0.05) is 23.7 Å². The van der Waals surface area contributed by atoms with E-state index in [9.17, 15) is 4.79 Å². The van der Waals surface area contributed by atoms with E-state index in [2.05, 4.69) is 15.9 Å². The molecule has 1 amide bonds. The molecule has 1 saturated heterocycles. The van der Waals surface area contributed by atoms with Crippen LogP contribution in [-0.4, -0.2) is 41.2 Å². The zero-order valence-corrected chi connectivity index (χ0v) is 13.9. The fourth-order valence-corrected chi connectivity index (χ4v) is 3.02. The molecule has 1 N–H and O–H groups in total. The number of halogens is 1. The first-order chi connectivity index (χ1) is 10.1. The monoisotopic (exact) mass is 355 g/mol. The zero-order chi connectivity index (χ0) is 15.2. The first-order valence-corrected chi connectivity index (χ1v) is 8.24. The minimum atomic E-state index is -0.485. The van der Waals surface area contributed by atoms with Crippen molar-refractivity contribution in [2.24, 2.45) is 0 Å². The summed E-state index contributed by atoms with van der Waals surface area (Å²) in [6.45, 7) is 2.78. The van der Waals surface area contributed by atoms with Crippen LogP contribution in [0.15, 0.2) is 28.7 Å². The van der Waals surface area contributed by atoms with Gasteiger partial charge in [-0.25, -0.2) is 0 Å². The Balaban J connectivity index is 1.93. The fraction of sp³-hybridized carbons (Fsp3) is 0.562. The molecule has 0 aromatic heterocycles. The van der Waals surface area contributed by atoms with Gasteiger partial charge in [-0.2, -0.15) is 0 Å². The Morgan fingerprint density at radius 2 is 2.19 bits per heavy atom. The van der Waals surface area contributed by atoms with Crippen LogP contribution in [0.4, 0.5) is 0 Å². The van der Waals surface area contributed by atoms with Crippen molar-refractivity contribution in [3.05, 3.63) is 28.7 Å². The minimum absolute atomic E-state index is 0.0401. The summed E-state index contributed by atoms with van der Waals surface area (Å²) < 4.78 is 6.72. The van der Waals surface area contributed by atoms with Crippen molar-refractivity contribution in [1.29, 1.82) is 0 Å². The van der Waals surface area contributed by atoms with Crippen LogP contribution in [0.1, 0.15) is 32.6 Å². The highest BCUT2D eigenvalue weighted by Gasteiger charge is 2.31. The Morgan fingerprint density at radius 1 is 1.48 bits per heavy atom. The summed E-state index contributed by atoms with van der Waals surface area (Å²) in [7, 11) is 0. The summed E-state index contributed by atoms with van der Waals surface area (Å²) in [5.74, 6) is 0.739. The van der Waals surface area contributed by atoms with Gasteiger partial charge in [-0.1, -0.05) is 15.9 Å². The van der Waals surface area contributed by atoms with E-state index in [1.165, 1.54) is 0 Å². The number of benzene rings is 1. The van der Waals surface area contributed by atoms with Crippen molar-refractivity contribution >= 4 is 21.8 Å². The molecule has 5 heteroatoms. The van der Waals surface area contributed by atoms with Gasteiger partial charge in [0.2, 0.25) is 0 Å². The van der Waals surface area contributed by atoms with Crippen LogP contribution in [0, 0.1) is 0 Å². The van der Waals surface area contributed by atoms with Crippen LogP contribution >= 0.6 is 15.9 Å². The number of aliphatic hydroxyl groups excluding tert-OH is 1. The van der Waals surface area contributed by atoms with Gasteiger partial charge in [0.1, 0.15) is 5.75 Å². The molecular formula is C16H22BrNO3. The number of rotatable bonds is 6. The minimum Gasteiger partial charge on any atom is -0.481 e. The number of carbonyl (C=O) groups is 1. The van der Waals surface area contributed by atoms with Gasteiger partial charge >= 0.3 is 0 Å². The SMILES string of the molecule is CC(Oc1ccc(Br)cc1)C(=O)N1CCCC1CCCO. The lowest BCUT2D eigenvalue weighted by Gasteiger charge is -2.27. The number of hydrogen-bond acceptors (Lipinski definition) is 3. The van der Waals surface area contributed by atoms with Crippen LogP contribution in [0.3, 0.4) is 0 Å². The highest BCUT2D eigenvalue weighted by Crippen LogP contribution is 2.24. The molecule has 1 aliphatic heterocycles. The van der Waals surface area contributed by atoms with Crippen molar-refractivity contribution in [3.8, 4) is 5.75 Å². The maximum Gasteiger partial charge on any atom is 0.263 e. The molecule has 1 aromatic carbocycles. The van der Waals surface area contributed by atoms with E-state index in [1.54, 1.807) is 6.92 Å². The van der Waals surface area contributed by atoms with Gasteiger partial charge in [-0.15, -0.1) is 0 Å². The summed E-state index contributed by atoms with van der Waals surface area (Å²) in [5.41, 5.74) is 0. The molecule has 2 atom stereocenters. The van der Waals surface area contributed by atoms with E-state index in [0.717, 1.165) is 36.7 Å². The molecule has 0 radical (unpaired) electrons. The number of hydrogen-bond donors (Lipinski definition) is 1. The van der Waals surface area contributed by atoms with E-state index in [-0.39, 0.29) is 18.6 Å². The lowest BCUT2D eigenvalue weighted by molar-refractivity contribution is -0.138. The summed E-state index contributed by atoms with van der Waals surface area (Å²) in [6.07, 6.45) is 3.19. The normalized spacial score (nSPS) is 19.6. The smallest absolute Gasteiger partial charge is 0.263 e. The molecule has 0 spiro atoms. The lowest BCUT2D eigenvalue weighted by atomic mass is 10.1. The second kappa shape index (κ2) is 7.80. The molecule has 1 aromatic rings. The molecule has 2 unspecified atom stereocenters. The summed E-state index contributed by atoms with van der Waals surface area (Å²) in [6, 6.07) is 7.74. The standard InChI is InChI=1S/C16H22BrNO3/c1-12(21-15-8-6-13(17)7-9-15)16(20)18-10-2-4-14(18)5-3-11-19/h6-9,12,14,19H,2-5,10-11H2,1H3. The van der Waals surface area contributed by atoms with Gasteiger partial charge in [-0.3, -0.25) is 4.79 Å². The average molecular weight is 356 g/mol. The Kier molecular flexibility index (Phi) is 6.06. The Bertz CT molecular complexity index is 463. The maximum absolute atomic E-state index is 12.5. The highest BCUT2D eigenvalue weighted by atomic mass is 79.9. The third-order valence-electron chi connectivity index (χ3n) is 3.83. The molecule has 1 fully saturated rings. The van der Waals surface area contributed by atoms with Crippen LogP contribution in [0.25, 0.3) is 0 Å². The quantitative estimate of drug-likeness (QED) is 0.853. The van der Waals surface area contributed by atoms with Gasteiger partial charge in [0.15, 0.2) is 6.10 Å². The molecule has 0 saturated carbocycles. The number of nitrogens with zero attached hydrogens (tertiary/aromatic N) is 1. The topological polar surface area (TPSA) is 49.8 Å². The van der Waals surface area contributed by atoms with E-state index >= 15 is 0 Å². The second-order valence-corrected chi connectivity index (χ2v) is 6.32. The number of carbonyl (C=O) groups excluding carboxylic acids is 1. The van der Waals surface area contributed by atoms with Gasteiger partial charge in [0.25, 0.3) is 5.91 Å². The number of aliphatic hydroxyl groups is 1. The van der Waals surface area contributed by atoms with Gasteiger partial charge < -0.3 is 14.7 Å². The summed E-state index contributed by atoms with van der Waals surface area (Å²) in [5, 5.41) is 8.95. The molecule has 21 heavy (non-hydrogen) atoms. The third-order valence-corrected chi connectivity index (χ3v) is 4.36. The maximum atomic E-state index is 12.5. The molecule has 1 aliphatic rings. The predicted molar refractivity (Wildman–Crippen MR) is 85.3 cm³/mol. The van der Waals surface area contributed by atoms with Gasteiger partial charge in [0.05, 0.1) is 0 Å². The van der Waals surface area contributed by atoms with Crippen LogP contribution < -0.4 is 4.74 Å². The molecule has 4 nitrogen and oxygen atoms in total. The van der Waals surface area contributed by atoms with Crippen LogP contribution in [0.5, 0.6) is 5.75 Å². The average Bonchev–Trinajstić information content (AvgIpc) is 2.95. The van der Waals surface area contributed by atoms with Crippen LogP contribution in [-0.2, 0) is 4.79 Å². The second-order valence-electron chi connectivity index (χ2n) is 5.41. The molecule has 2 rings (SSSR count). The predicted octanol–water partition coefficient (Wildman–Crippen LogP) is 2.98. The first-order valence-electron chi connectivity index (χ1n) is 7.45. The van der Waals surface area contributed by atoms with Crippen molar-refractivity contribution in [3.63, 3.8) is 0 Å². The summed E-state index contributed by atoms with van der Waals surface area (Å²) >= 11 is 3.38. The highest BCUT2D eigenvalue weighted by molar-refractivity contribution is 9.10. The van der Waals surface area contributed by atoms with Crippen molar-refractivity contribution in [2.45, 2.75) is 44.8 Å². The molecule has 116 valence electrons. The molecule has 0 bridgehead atoms. The van der Waals surface area contributed by atoms with E-state index in [4.69, 9.17) is 9.84 Å². The summed E-state index contributed by atoms with van der Waals surface area (Å²) in [4.78, 5) is 14.4. The van der Waals surface area contributed by atoms with Gasteiger partial charge in [-0.05, 0) is 56.9 Å². The Labute approximate surface area is 134 Å². The van der Waals surface area contributed by atoms with E-state index in [0.29, 0.717) is 5.75 Å². The largest absolute Gasteiger partial charge is 0.481 e. The Hall–Kier alpha value is -1.07. The fourth-order valence-electron chi connectivity index (χ4n) is 2.75. The zero-order valence-electron chi connectivity index (χ0n) is 12.3. The van der Waals surface area contributed by atoms with E-state index in [1.807, 2.05) is 29.2 Å². The molecule has 1 heterocycles. The number of amides is 1. The Morgan fingerprint density at radius 3 is 2.86 bits per heavy atom. The third kappa shape index (κ3) is 4.45. The number of likely N-dealkylation sites (tertiary alicyclic amines) is 1. The first kappa shape index (κ1) is 16.3. The number of ether oxygens (including phenoxy) is 1. The van der Waals surface area contributed by atoms with Crippen LogP contribution in [0.2, 0.25) is 0 Å².